The summed E-state index contributed by atoms with van der Waals surface area (Å²) < 4.78 is 0. The lowest BCUT2D eigenvalue weighted by Gasteiger charge is -1.92. The van der Waals surface area contributed by atoms with Crippen LogP contribution in [-0.4, -0.2) is 5.11 Å². The Labute approximate surface area is 87.0 Å². The highest BCUT2D eigenvalue weighted by Gasteiger charge is 1.97. The van der Waals surface area contributed by atoms with E-state index >= 15 is 0 Å². The van der Waals surface area contributed by atoms with Crippen LogP contribution in [-0.2, 0) is 0 Å². The molecule has 0 fully saturated rings. The van der Waals surface area contributed by atoms with Gasteiger partial charge in [0.1, 0.15) is 5.76 Å². The molecule has 1 N–H and O–H groups in total. The molecule has 0 amide bonds. The average molecular weight is 202 g/mol. The molecule has 14 heavy (non-hydrogen) atoms. The van der Waals surface area contributed by atoms with E-state index in [-0.39, 0.29) is 0 Å². The van der Waals surface area contributed by atoms with Crippen LogP contribution in [0.3, 0.4) is 0 Å². The van der Waals surface area contributed by atoms with E-state index in [1.807, 2.05) is 47.9 Å². The van der Waals surface area contributed by atoms with Crippen molar-refractivity contribution in [2.75, 3.05) is 0 Å². The Hall–Kier alpha value is -1.54. The number of aliphatic hydroxyl groups excluding tert-OH is 1. The van der Waals surface area contributed by atoms with Crippen LogP contribution in [0.25, 0.3) is 5.76 Å². The number of allylic oxidation sites excluding steroid dienone is 7. The molecule has 1 heterocycles. The zero-order valence-corrected chi connectivity index (χ0v) is 8.37. The Morgan fingerprint density at radius 1 is 1.29 bits per heavy atom. The maximum atomic E-state index is 9.65. The van der Waals surface area contributed by atoms with Crippen LogP contribution in [0.15, 0.2) is 59.5 Å². The quantitative estimate of drug-likeness (QED) is 0.725. The fourth-order valence-corrected chi connectivity index (χ4v) is 1.83. The molecule has 0 saturated heterocycles. The number of hydrogen-bond acceptors (Lipinski definition) is 2. The molecule has 1 aromatic rings. The molecule has 0 radical (unpaired) electrons. The molecule has 0 aromatic carbocycles. The summed E-state index contributed by atoms with van der Waals surface area (Å²) in [4.78, 5) is 0.896. The fourth-order valence-electron chi connectivity index (χ4n) is 1.18. The minimum atomic E-state index is 0.321. The second-order valence-electron chi connectivity index (χ2n) is 2.91. The van der Waals surface area contributed by atoms with Crippen molar-refractivity contribution in [3.63, 3.8) is 0 Å². The van der Waals surface area contributed by atoms with Gasteiger partial charge in [-0.1, -0.05) is 36.4 Å². The molecular formula is C12H10OS. The summed E-state index contributed by atoms with van der Waals surface area (Å²) >= 11 is 1.53. The highest BCUT2D eigenvalue weighted by Crippen LogP contribution is 2.18. The van der Waals surface area contributed by atoms with Gasteiger partial charge in [-0.3, -0.25) is 0 Å². The SMILES string of the molecule is O/C(=C\C=C1C=CC=C1)c1cccs1. The second kappa shape index (κ2) is 4.11. The molecule has 70 valence electrons. The number of thiophene rings is 1. The van der Waals surface area contributed by atoms with E-state index in [0.717, 1.165) is 10.5 Å². The largest absolute Gasteiger partial charge is 0.506 e. The van der Waals surface area contributed by atoms with Crippen LogP contribution in [0.2, 0.25) is 0 Å². The molecule has 0 bridgehead atoms. The Balaban J connectivity index is 2.16. The van der Waals surface area contributed by atoms with Gasteiger partial charge in [-0.25, -0.2) is 0 Å². The van der Waals surface area contributed by atoms with Crippen LogP contribution in [0, 0.1) is 0 Å². The Kier molecular flexibility index (Phi) is 2.65. The van der Waals surface area contributed by atoms with Crippen LogP contribution in [0.5, 0.6) is 0 Å². The third-order valence-corrected chi connectivity index (χ3v) is 2.79. The van der Waals surface area contributed by atoms with E-state index in [0.29, 0.717) is 5.76 Å². The van der Waals surface area contributed by atoms with Gasteiger partial charge in [-0.05, 0) is 23.1 Å². The van der Waals surface area contributed by atoms with Crippen molar-refractivity contribution >= 4 is 17.1 Å². The third kappa shape index (κ3) is 2.03. The van der Waals surface area contributed by atoms with Gasteiger partial charge in [0.15, 0.2) is 0 Å². The highest BCUT2D eigenvalue weighted by molar-refractivity contribution is 7.11. The summed E-state index contributed by atoms with van der Waals surface area (Å²) in [6, 6.07) is 3.82. The minimum Gasteiger partial charge on any atom is -0.506 e. The van der Waals surface area contributed by atoms with Crippen LogP contribution >= 0.6 is 11.3 Å². The molecule has 2 rings (SSSR count). The van der Waals surface area contributed by atoms with Crippen molar-refractivity contribution in [1.82, 2.24) is 0 Å². The van der Waals surface area contributed by atoms with E-state index in [2.05, 4.69) is 0 Å². The van der Waals surface area contributed by atoms with Gasteiger partial charge in [0.05, 0.1) is 4.88 Å². The first-order chi connectivity index (χ1) is 6.86. The third-order valence-electron chi connectivity index (χ3n) is 1.90. The van der Waals surface area contributed by atoms with Crippen molar-refractivity contribution in [2.45, 2.75) is 0 Å². The monoisotopic (exact) mass is 202 g/mol. The summed E-state index contributed by atoms with van der Waals surface area (Å²) in [5.41, 5.74) is 1.10. The van der Waals surface area contributed by atoms with Crippen LogP contribution in [0.1, 0.15) is 4.88 Å². The molecule has 1 aliphatic carbocycles. The van der Waals surface area contributed by atoms with E-state index in [4.69, 9.17) is 0 Å². The second-order valence-corrected chi connectivity index (χ2v) is 3.86. The van der Waals surface area contributed by atoms with E-state index in [1.165, 1.54) is 11.3 Å². The summed E-state index contributed by atoms with van der Waals surface area (Å²) in [5, 5.41) is 11.6. The van der Waals surface area contributed by atoms with Gasteiger partial charge in [0.25, 0.3) is 0 Å². The predicted octanol–water partition coefficient (Wildman–Crippen LogP) is 3.70. The van der Waals surface area contributed by atoms with Crippen LogP contribution < -0.4 is 0 Å². The van der Waals surface area contributed by atoms with Crippen molar-refractivity contribution in [3.8, 4) is 0 Å². The average Bonchev–Trinajstić information content (AvgIpc) is 2.87. The molecule has 0 saturated carbocycles. The summed E-state index contributed by atoms with van der Waals surface area (Å²) in [7, 11) is 0. The van der Waals surface area contributed by atoms with Gasteiger partial charge in [-0.15, -0.1) is 11.3 Å². The molecule has 2 heteroatoms. The lowest BCUT2D eigenvalue weighted by atomic mass is 10.2. The van der Waals surface area contributed by atoms with E-state index in [9.17, 15) is 5.11 Å². The molecule has 0 aliphatic heterocycles. The van der Waals surface area contributed by atoms with E-state index < -0.39 is 0 Å². The number of hydrogen-bond donors (Lipinski definition) is 1. The molecular weight excluding hydrogens is 192 g/mol. The minimum absolute atomic E-state index is 0.321. The Bertz CT molecular complexity index is 405. The van der Waals surface area contributed by atoms with E-state index in [1.54, 1.807) is 6.08 Å². The summed E-state index contributed by atoms with van der Waals surface area (Å²) in [6.45, 7) is 0. The molecule has 0 unspecified atom stereocenters. The maximum absolute atomic E-state index is 9.65. The first kappa shape index (κ1) is 9.03. The standard InChI is InChI=1S/C12H10OS/c13-11(12-6-3-9-14-12)8-7-10-4-1-2-5-10/h1-9,13H/b11-8-. The summed E-state index contributed by atoms with van der Waals surface area (Å²) in [6.07, 6.45) is 11.6. The Morgan fingerprint density at radius 3 is 2.71 bits per heavy atom. The smallest absolute Gasteiger partial charge is 0.132 e. The van der Waals surface area contributed by atoms with Crippen molar-refractivity contribution < 1.29 is 5.11 Å². The molecule has 1 aromatic heterocycles. The summed E-state index contributed by atoms with van der Waals surface area (Å²) in [5.74, 6) is 0.321. The van der Waals surface area contributed by atoms with Crippen molar-refractivity contribution in [2.24, 2.45) is 0 Å². The maximum Gasteiger partial charge on any atom is 0.132 e. The first-order valence-electron chi connectivity index (χ1n) is 4.36. The highest BCUT2D eigenvalue weighted by atomic mass is 32.1. The molecule has 0 spiro atoms. The lowest BCUT2D eigenvalue weighted by molar-refractivity contribution is 0.514. The number of aliphatic hydroxyl groups is 1. The van der Waals surface area contributed by atoms with Gasteiger partial charge in [0.2, 0.25) is 0 Å². The van der Waals surface area contributed by atoms with Crippen molar-refractivity contribution in [3.05, 3.63) is 64.4 Å². The van der Waals surface area contributed by atoms with Crippen molar-refractivity contribution in [1.29, 1.82) is 0 Å². The molecule has 1 nitrogen and oxygen atoms in total. The topological polar surface area (TPSA) is 20.2 Å². The van der Waals surface area contributed by atoms with Gasteiger partial charge < -0.3 is 5.11 Å². The fraction of sp³-hybridized carbons (Fsp3) is 0. The molecule has 0 atom stereocenters. The molecule has 1 aliphatic rings. The van der Waals surface area contributed by atoms with Crippen LogP contribution in [0.4, 0.5) is 0 Å². The number of rotatable bonds is 2. The normalized spacial score (nSPS) is 15.1. The zero-order valence-electron chi connectivity index (χ0n) is 7.55. The Morgan fingerprint density at radius 2 is 2.07 bits per heavy atom. The van der Waals surface area contributed by atoms with Gasteiger partial charge in [-0.2, -0.15) is 0 Å². The van der Waals surface area contributed by atoms with Gasteiger partial charge >= 0.3 is 0 Å². The zero-order chi connectivity index (χ0) is 9.80. The first-order valence-corrected chi connectivity index (χ1v) is 5.24. The lowest BCUT2D eigenvalue weighted by Crippen LogP contribution is -1.74. The predicted molar refractivity (Wildman–Crippen MR) is 61.3 cm³/mol. The van der Waals surface area contributed by atoms with Gasteiger partial charge in [0, 0.05) is 0 Å².